The largest absolute Gasteiger partial charge is 0.361 e. The number of thiazole rings is 1. The monoisotopic (exact) mass is 404 g/mol. The lowest BCUT2D eigenvalue weighted by molar-refractivity contribution is -0.121. The van der Waals surface area contributed by atoms with Crippen LogP contribution in [-0.2, 0) is 14.3 Å². The van der Waals surface area contributed by atoms with Crippen molar-refractivity contribution in [3.8, 4) is 0 Å². The first-order chi connectivity index (χ1) is 13.5. The molecular formula is C22H32N2O3S. The van der Waals surface area contributed by atoms with Crippen molar-refractivity contribution in [3.63, 3.8) is 0 Å². The maximum Gasteiger partial charge on any atom is 0.220 e. The van der Waals surface area contributed by atoms with Gasteiger partial charge in [-0.3, -0.25) is 9.59 Å². The maximum atomic E-state index is 12.1. The van der Waals surface area contributed by atoms with Gasteiger partial charge in [0.15, 0.2) is 0 Å². The molecule has 3 heterocycles. The number of rotatable bonds is 2. The number of aryl methyl sites for hydroxylation is 1. The molecule has 3 rings (SSSR count). The number of carbonyl (C=O) groups is 2. The van der Waals surface area contributed by atoms with Gasteiger partial charge < -0.3 is 10.1 Å². The van der Waals surface area contributed by atoms with Crippen LogP contribution >= 0.6 is 11.3 Å². The number of Topliss-reactive ketones (excluding diaryl/α,β-unsaturated/α-hetero) is 1. The minimum Gasteiger partial charge on any atom is -0.361 e. The van der Waals surface area contributed by atoms with Crippen LogP contribution in [0.5, 0.6) is 0 Å². The topological polar surface area (TPSA) is 71.6 Å². The highest BCUT2D eigenvalue weighted by atomic mass is 32.1. The number of ether oxygens (including phenoxy) is 1. The van der Waals surface area contributed by atoms with Gasteiger partial charge in [-0.2, -0.15) is 0 Å². The molecule has 1 amide bonds. The summed E-state index contributed by atoms with van der Waals surface area (Å²) in [5.74, 6) is 0.325. The van der Waals surface area contributed by atoms with Crippen molar-refractivity contribution in [3.05, 3.63) is 21.7 Å². The summed E-state index contributed by atoms with van der Waals surface area (Å²) in [7, 11) is 0. The van der Waals surface area contributed by atoms with Crippen molar-refractivity contribution in [2.24, 2.45) is 0 Å². The molecule has 1 aromatic rings. The number of fused-ring (bicyclic) bond motifs is 1. The zero-order chi connectivity index (χ0) is 20.0. The number of epoxide rings is 1. The van der Waals surface area contributed by atoms with E-state index in [2.05, 4.69) is 28.7 Å². The Morgan fingerprint density at radius 1 is 1.21 bits per heavy atom. The number of carbonyl (C=O) groups excluding carboxylic acids is 2. The average molecular weight is 405 g/mol. The molecule has 154 valence electrons. The molecule has 6 heteroatoms. The van der Waals surface area contributed by atoms with Crippen LogP contribution in [0.3, 0.4) is 0 Å². The second kappa shape index (κ2) is 9.79. The quantitative estimate of drug-likeness (QED) is 0.732. The smallest absolute Gasteiger partial charge is 0.220 e. The fourth-order valence-electron chi connectivity index (χ4n) is 4.12. The predicted molar refractivity (Wildman–Crippen MR) is 112 cm³/mol. The van der Waals surface area contributed by atoms with E-state index < -0.39 is 0 Å². The number of aromatic nitrogens is 1. The Balaban J connectivity index is 1.64. The van der Waals surface area contributed by atoms with Crippen LogP contribution in [0.15, 0.2) is 11.0 Å². The van der Waals surface area contributed by atoms with Crippen molar-refractivity contribution < 1.29 is 14.3 Å². The molecule has 28 heavy (non-hydrogen) atoms. The molecule has 0 spiro atoms. The number of nitrogens with zero attached hydrogens (tertiary/aromatic N) is 1. The molecule has 1 N–H and O–H groups in total. The van der Waals surface area contributed by atoms with E-state index in [0.29, 0.717) is 38.0 Å². The van der Waals surface area contributed by atoms with Crippen LogP contribution < -0.4 is 5.32 Å². The number of hydrogen-bond donors (Lipinski definition) is 1. The van der Waals surface area contributed by atoms with Crippen molar-refractivity contribution in [1.29, 1.82) is 0 Å². The number of nitrogens with one attached hydrogen (secondary N) is 1. The summed E-state index contributed by atoms with van der Waals surface area (Å²) in [6, 6.07) is 0. The van der Waals surface area contributed by atoms with Crippen LogP contribution in [0.25, 0.3) is 6.08 Å². The van der Waals surface area contributed by atoms with Crippen LogP contribution in [0, 0.1) is 6.92 Å². The molecule has 2 aliphatic heterocycles. The minimum atomic E-state index is -0.266. The van der Waals surface area contributed by atoms with Crippen LogP contribution in [0.2, 0.25) is 0 Å². The summed E-state index contributed by atoms with van der Waals surface area (Å²) >= 11 is 1.66. The van der Waals surface area contributed by atoms with Gasteiger partial charge >= 0.3 is 0 Å². The molecule has 2 fully saturated rings. The normalized spacial score (nSPS) is 28.5. The molecule has 1 aromatic heterocycles. The molecular weight excluding hydrogens is 372 g/mol. The molecule has 0 radical (unpaired) electrons. The van der Waals surface area contributed by atoms with Crippen molar-refractivity contribution in [2.45, 2.75) is 89.8 Å². The summed E-state index contributed by atoms with van der Waals surface area (Å²) in [5.41, 5.74) is 1.92. The number of amides is 1. The van der Waals surface area contributed by atoms with Gasteiger partial charge in [0, 0.05) is 37.6 Å². The first kappa shape index (κ1) is 21.2. The fraction of sp³-hybridized carbons (Fsp3) is 0.682. The van der Waals surface area contributed by atoms with E-state index in [1.54, 1.807) is 11.3 Å². The standard InChI is InChI=1S/C22H32N2O3S/c1-16(14-18-15-28-17(2)24-18)22-12-13-23-21(26)11-7-9-19(25)8-5-3-4-6-10-20(22)27-22/h14-15,20H,3-13H2,1-2H3,(H,23,26). The number of ketones is 1. The molecule has 2 saturated heterocycles. The fourth-order valence-corrected chi connectivity index (χ4v) is 4.69. The third-order valence-corrected chi connectivity index (χ3v) is 6.63. The molecule has 2 aliphatic rings. The van der Waals surface area contributed by atoms with Gasteiger partial charge in [0.2, 0.25) is 5.91 Å². The van der Waals surface area contributed by atoms with Gasteiger partial charge in [-0.1, -0.05) is 19.3 Å². The van der Waals surface area contributed by atoms with E-state index in [1.807, 2.05) is 6.92 Å². The molecule has 0 aliphatic carbocycles. The van der Waals surface area contributed by atoms with Crippen molar-refractivity contribution >= 4 is 29.1 Å². The predicted octanol–water partition coefficient (Wildman–Crippen LogP) is 4.59. The van der Waals surface area contributed by atoms with E-state index in [1.165, 1.54) is 5.57 Å². The number of hydrogen-bond acceptors (Lipinski definition) is 5. The first-order valence-electron chi connectivity index (χ1n) is 10.6. The molecule has 2 atom stereocenters. The SMILES string of the molecule is CC(=Cc1csc(C)n1)C12CCNC(=O)CCCC(=O)CCCCCCC1O2. The van der Waals surface area contributed by atoms with Gasteiger partial charge in [-0.05, 0) is 44.8 Å². The Labute approximate surface area is 172 Å². The van der Waals surface area contributed by atoms with Crippen molar-refractivity contribution in [1.82, 2.24) is 10.3 Å². The first-order valence-corrected chi connectivity index (χ1v) is 11.4. The highest BCUT2D eigenvalue weighted by molar-refractivity contribution is 7.09. The molecule has 0 saturated carbocycles. The Morgan fingerprint density at radius 3 is 2.79 bits per heavy atom. The van der Waals surface area contributed by atoms with Gasteiger partial charge in [-0.25, -0.2) is 4.98 Å². The zero-order valence-corrected chi connectivity index (χ0v) is 17.9. The average Bonchev–Trinajstić information content (AvgIpc) is 3.21. The van der Waals surface area contributed by atoms with E-state index >= 15 is 0 Å². The summed E-state index contributed by atoms with van der Waals surface area (Å²) in [6.07, 6.45) is 10.7. The Bertz CT molecular complexity index is 727. The van der Waals surface area contributed by atoms with Crippen molar-refractivity contribution in [2.75, 3.05) is 6.54 Å². The zero-order valence-electron chi connectivity index (χ0n) is 17.1. The Morgan fingerprint density at radius 2 is 2.00 bits per heavy atom. The third-order valence-electron chi connectivity index (χ3n) is 5.83. The molecule has 0 bridgehead atoms. The summed E-state index contributed by atoms with van der Waals surface area (Å²) in [4.78, 5) is 28.5. The van der Waals surface area contributed by atoms with Gasteiger partial charge in [0.05, 0.1) is 16.8 Å². The third kappa shape index (κ3) is 5.74. The highest BCUT2D eigenvalue weighted by Gasteiger charge is 2.56. The van der Waals surface area contributed by atoms with Crippen LogP contribution in [0.4, 0.5) is 0 Å². The highest BCUT2D eigenvalue weighted by Crippen LogP contribution is 2.48. The lowest BCUT2D eigenvalue weighted by Crippen LogP contribution is -2.30. The van der Waals surface area contributed by atoms with Gasteiger partial charge in [0.1, 0.15) is 11.4 Å². The van der Waals surface area contributed by atoms with E-state index in [-0.39, 0.29) is 17.6 Å². The Hall–Kier alpha value is -1.53. The van der Waals surface area contributed by atoms with Gasteiger partial charge in [-0.15, -0.1) is 11.3 Å². The molecule has 5 nitrogen and oxygen atoms in total. The second-order valence-corrected chi connectivity index (χ2v) is 9.12. The molecule has 0 aromatic carbocycles. The van der Waals surface area contributed by atoms with Crippen LogP contribution in [0.1, 0.15) is 81.8 Å². The van der Waals surface area contributed by atoms with E-state index in [0.717, 1.165) is 49.2 Å². The second-order valence-electron chi connectivity index (χ2n) is 8.06. The van der Waals surface area contributed by atoms with Gasteiger partial charge in [0.25, 0.3) is 0 Å². The summed E-state index contributed by atoms with van der Waals surface area (Å²) in [6.45, 7) is 4.74. The lowest BCUT2D eigenvalue weighted by Gasteiger charge is -2.15. The molecule has 2 unspecified atom stereocenters. The van der Waals surface area contributed by atoms with E-state index in [4.69, 9.17) is 4.74 Å². The lowest BCUT2D eigenvalue weighted by atomic mass is 9.89. The summed E-state index contributed by atoms with van der Waals surface area (Å²) in [5, 5.41) is 6.15. The van der Waals surface area contributed by atoms with Crippen LogP contribution in [-0.4, -0.2) is 34.9 Å². The van der Waals surface area contributed by atoms with E-state index in [9.17, 15) is 9.59 Å². The maximum absolute atomic E-state index is 12.1. The summed E-state index contributed by atoms with van der Waals surface area (Å²) < 4.78 is 6.23. The Kier molecular flexibility index (Phi) is 7.41. The minimum absolute atomic E-state index is 0.0315.